The SMILES string of the molecule is [2H]c1c([2H])c([2H])c(-c2c([2H])c([2H])c([2H])c([Si](c3ccc4c(c3)c3cc(-c5ccccc5)ccc3n4-c3cccc4c3c3ccccc3n4-c3cc(-c4ccccc4)cc(-n4c5ccccc5c5ccccc54)c3)(c3c([2H])c([2H])c([2H])c([2H])c3[2H])c3c([2H])c([2H])c([2H])c([2H])c3[2H])c2[2H])c([2H])c1[2H]. The Bertz CT molecular complexity index is 6070. The number of hydrogen-bond donors (Lipinski definition) is 0. The highest BCUT2D eigenvalue weighted by Gasteiger charge is 2.42. The molecular formula is C78H53N3Si. The van der Waals surface area contributed by atoms with Crippen molar-refractivity contribution in [3.8, 4) is 50.4 Å². The van der Waals surface area contributed by atoms with Crippen LogP contribution in [0.5, 0.6) is 0 Å². The van der Waals surface area contributed by atoms with Gasteiger partial charge in [-0.1, -0.05) is 254 Å². The van der Waals surface area contributed by atoms with Gasteiger partial charge in [-0.3, -0.25) is 0 Å². The summed E-state index contributed by atoms with van der Waals surface area (Å²) < 4.78 is 186. The smallest absolute Gasteiger partial charge is 0.179 e. The van der Waals surface area contributed by atoms with Crippen LogP contribution in [0.4, 0.5) is 0 Å². The summed E-state index contributed by atoms with van der Waals surface area (Å²) in [5, 5.41) is 2.71. The molecule has 3 aromatic heterocycles. The van der Waals surface area contributed by atoms with E-state index in [1.807, 2.05) is 115 Å². The van der Waals surface area contributed by atoms with Crippen LogP contribution in [0.1, 0.15) is 26.0 Å². The lowest BCUT2D eigenvalue weighted by molar-refractivity contribution is 1.13. The molecule has 4 heteroatoms. The van der Waals surface area contributed by atoms with Gasteiger partial charge in [0, 0.05) is 43.7 Å². The third-order valence-electron chi connectivity index (χ3n) is 15.8. The first-order valence-corrected chi connectivity index (χ1v) is 28.8. The topological polar surface area (TPSA) is 14.8 Å². The second-order valence-electron chi connectivity index (χ2n) is 20.2. The summed E-state index contributed by atoms with van der Waals surface area (Å²) in [4.78, 5) is 0. The van der Waals surface area contributed by atoms with Crippen LogP contribution in [0.15, 0.2) is 321 Å². The van der Waals surface area contributed by atoms with Crippen LogP contribution in [0.25, 0.3) is 116 Å². The van der Waals surface area contributed by atoms with E-state index in [9.17, 15) is 19.2 Å². The van der Waals surface area contributed by atoms with Crippen LogP contribution in [0, 0.1) is 0 Å². The van der Waals surface area contributed by atoms with Crippen LogP contribution >= 0.6 is 0 Å². The van der Waals surface area contributed by atoms with Crippen molar-refractivity contribution in [1.82, 2.24) is 13.7 Å². The van der Waals surface area contributed by atoms with Gasteiger partial charge in [-0.2, -0.15) is 0 Å². The summed E-state index contributed by atoms with van der Waals surface area (Å²) >= 11 is 0. The molecule has 16 rings (SSSR count). The van der Waals surface area contributed by atoms with Gasteiger partial charge in [0.05, 0.1) is 64.8 Å². The second-order valence-corrected chi connectivity index (χ2v) is 23.7. The van der Waals surface area contributed by atoms with Gasteiger partial charge >= 0.3 is 0 Å². The highest BCUT2D eigenvalue weighted by molar-refractivity contribution is 7.20. The van der Waals surface area contributed by atoms with Gasteiger partial charge < -0.3 is 13.7 Å². The third kappa shape index (κ3) is 7.50. The van der Waals surface area contributed by atoms with E-state index in [0.717, 1.165) is 77.2 Å². The molecule has 0 amide bonds. The average molecular weight is 1080 g/mol. The zero-order valence-corrected chi connectivity index (χ0v) is 44.5. The quantitative estimate of drug-likeness (QED) is 0.0958. The minimum absolute atomic E-state index is 0.107. The minimum atomic E-state index is -5.82. The predicted molar refractivity (Wildman–Crippen MR) is 349 cm³/mol. The largest absolute Gasteiger partial charge is 0.309 e. The summed E-state index contributed by atoms with van der Waals surface area (Å²) in [5.74, 6) is 0. The lowest BCUT2D eigenvalue weighted by atomic mass is 10.0. The molecule has 0 bridgehead atoms. The molecule has 384 valence electrons. The lowest BCUT2D eigenvalue weighted by Crippen LogP contribution is -2.74. The molecule has 0 N–H and O–H groups in total. The van der Waals surface area contributed by atoms with Crippen molar-refractivity contribution in [2.75, 3.05) is 0 Å². The highest BCUT2D eigenvalue weighted by Crippen LogP contribution is 2.43. The number of benzene rings is 13. The molecule has 16 aromatic rings. The Labute approximate surface area is 503 Å². The molecule has 3 heterocycles. The van der Waals surface area contributed by atoms with Gasteiger partial charge in [0.25, 0.3) is 0 Å². The molecule has 0 saturated carbocycles. The Kier molecular flexibility index (Phi) is 7.54. The van der Waals surface area contributed by atoms with Crippen molar-refractivity contribution in [2.24, 2.45) is 0 Å². The number of fused-ring (bicyclic) bond motifs is 9. The fourth-order valence-electron chi connectivity index (χ4n) is 12.4. The Morgan fingerprint density at radius 3 is 1.37 bits per heavy atom. The van der Waals surface area contributed by atoms with Crippen LogP contribution in [0.3, 0.4) is 0 Å². The lowest BCUT2D eigenvalue weighted by Gasteiger charge is -2.35. The monoisotopic (exact) mass is 1080 g/mol. The molecule has 0 spiro atoms. The van der Waals surface area contributed by atoms with Crippen LogP contribution in [-0.2, 0) is 0 Å². The van der Waals surface area contributed by atoms with Gasteiger partial charge in [-0.25, -0.2) is 0 Å². The second kappa shape index (κ2) is 19.4. The third-order valence-corrected chi connectivity index (χ3v) is 20.0. The normalized spacial score (nSPS) is 15.1. The van der Waals surface area contributed by atoms with Crippen LogP contribution in [0.2, 0.25) is 0 Å². The maximum Gasteiger partial charge on any atom is 0.179 e. The minimum Gasteiger partial charge on any atom is -0.309 e. The molecule has 82 heavy (non-hydrogen) atoms. The molecule has 0 unspecified atom stereocenters. The highest BCUT2D eigenvalue weighted by atomic mass is 28.3. The Hall–Kier alpha value is -10.5. The van der Waals surface area contributed by atoms with E-state index in [4.69, 9.17) is 6.85 Å². The van der Waals surface area contributed by atoms with Gasteiger partial charge in [-0.15, -0.1) is 0 Å². The summed E-state index contributed by atoms with van der Waals surface area (Å²) in [6.45, 7) is 0. The Morgan fingerprint density at radius 1 is 0.256 bits per heavy atom. The predicted octanol–water partition coefficient (Wildman–Crippen LogP) is 17.4. The Morgan fingerprint density at radius 2 is 0.732 bits per heavy atom. The first-order chi connectivity index (χ1) is 48.6. The molecule has 0 atom stereocenters. The van der Waals surface area contributed by atoms with Crippen molar-refractivity contribution in [1.29, 1.82) is 0 Å². The van der Waals surface area contributed by atoms with E-state index in [2.05, 4.69) is 86.5 Å². The standard InChI is InChI=1S/C78H53N3Si/c1-6-24-54(25-7-1)57-30-22-35-64(50-57)82(62-31-12-4-13-32-62,63-33-14-5-15-34-63)65-45-47-75-70(53-65)69-51-58(55-26-8-2-9-27-55)44-46-74(69)81(75)77-43-23-42-76-78(77)68-38-18-21-41-73(68)80(76)61-49-59(56-28-10-3-11-29-56)48-60(52-61)79-71-39-19-16-36-66(71)67-37-17-20-40-72(67)79/h1-53H/i1D,4D,5D,6D,7D,12D,13D,14D,15D,22D,24D,25D,30D,31D,32D,33D,34D,35D,50D. The zero-order valence-electron chi connectivity index (χ0n) is 62.5. The summed E-state index contributed by atoms with van der Waals surface area (Å²) in [6.07, 6.45) is 0. The van der Waals surface area contributed by atoms with E-state index in [-0.39, 0.29) is 5.19 Å². The van der Waals surface area contributed by atoms with Crippen molar-refractivity contribution < 1.29 is 26.0 Å². The first-order valence-electron chi connectivity index (χ1n) is 36.3. The molecule has 3 nitrogen and oxygen atoms in total. The van der Waals surface area contributed by atoms with E-state index >= 15 is 0 Å². The van der Waals surface area contributed by atoms with E-state index in [0.29, 0.717) is 27.5 Å². The molecular weight excluding hydrogens is 1010 g/mol. The Balaban J connectivity index is 1.06. The van der Waals surface area contributed by atoms with E-state index < -0.39 is 150 Å². The first kappa shape index (κ1) is 31.9. The van der Waals surface area contributed by atoms with Gasteiger partial charge in [0.2, 0.25) is 0 Å². The number of para-hydroxylation sites is 3. The summed E-state index contributed by atoms with van der Waals surface area (Å²) in [6, 6.07) is 50.7. The van der Waals surface area contributed by atoms with Gasteiger partial charge in [-0.05, 0) is 121 Å². The molecule has 0 radical (unpaired) electrons. The molecule has 0 aliphatic carbocycles. The number of aromatic nitrogens is 3. The summed E-state index contributed by atoms with van der Waals surface area (Å²) in [7, 11) is -5.82. The maximum atomic E-state index is 10.5. The van der Waals surface area contributed by atoms with Crippen molar-refractivity contribution in [2.45, 2.75) is 0 Å². The number of rotatable bonds is 10. The van der Waals surface area contributed by atoms with Gasteiger partial charge in [0.1, 0.15) is 0 Å². The molecule has 0 aliphatic heterocycles. The van der Waals surface area contributed by atoms with E-state index in [1.165, 1.54) is 6.07 Å². The number of nitrogens with zero attached hydrogens (tertiary/aromatic N) is 3. The van der Waals surface area contributed by atoms with Crippen LogP contribution < -0.4 is 20.7 Å². The summed E-state index contributed by atoms with van der Waals surface area (Å²) in [5.41, 5.74) is 9.46. The maximum absolute atomic E-state index is 10.5. The van der Waals surface area contributed by atoms with Crippen molar-refractivity contribution in [3.63, 3.8) is 0 Å². The average Bonchev–Trinajstić information content (AvgIpc) is 1.07. The molecule has 0 aliphatic rings. The molecule has 0 saturated heterocycles. The van der Waals surface area contributed by atoms with Gasteiger partial charge in [0.15, 0.2) is 8.07 Å². The van der Waals surface area contributed by atoms with Crippen LogP contribution in [-0.4, -0.2) is 21.8 Å². The fraction of sp³-hybridized carbons (Fsp3) is 0. The fourth-order valence-corrected chi connectivity index (χ4v) is 16.2. The van der Waals surface area contributed by atoms with Crippen molar-refractivity contribution >= 4 is 94.2 Å². The zero-order chi connectivity index (χ0) is 70.7. The molecule has 0 fully saturated rings. The number of hydrogen-bond acceptors (Lipinski definition) is 0. The molecule has 13 aromatic carbocycles. The van der Waals surface area contributed by atoms with Crippen molar-refractivity contribution in [3.05, 3.63) is 321 Å². The van der Waals surface area contributed by atoms with E-state index in [1.54, 1.807) is 12.1 Å².